The lowest BCUT2D eigenvalue weighted by molar-refractivity contribution is 1.28. The summed E-state index contributed by atoms with van der Waals surface area (Å²) in [5, 5.41) is 16.6. The van der Waals surface area contributed by atoms with Crippen molar-refractivity contribution in [1.82, 2.24) is 4.98 Å². The first-order valence-corrected chi connectivity index (χ1v) is 7.82. The van der Waals surface area contributed by atoms with E-state index in [9.17, 15) is 0 Å². The monoisotopic (exact) mass is 315 g/mol. The lowest BCUT2D eigenvalue weighted by Gasteiger charge is -2.15. The molecule has 0 bridgehead atoms. The van der Waals surface area contributed by atoms with Crippen molar-refractivity contribution >= 4 is 17.5 Å². The minimum absolute atomic E-state index is 0.381. The van der Waals surface area contributed by atoms with Gasteiger partial charge in [0.25, 0.3) is 0 Å². The molecule has 0 amide bonds. The number of nitrogens with one attached hydrogen (secondary N) is 2. The van der Waals surface area contributed by atoms with Crippen LogP contribution >= 0.6 is 0 Å². The fraction of sp³-hybridized carbons (Fsp3) is 0.0952. The molecule has 0 aliphatic carbocycles. The van der Waals surface area contributed by atoms with Gasteiger partial charge < -0.3 is 5.41 Å². The summed E-state index contributed by atoms with van der Waals surface area (Å²) in [4.78, 5) is 4.37. The van der Waals surface area contributed by atoms with Crippen molar-refractivity contribution in [2.24, 2.45) is 0 Å². The third kappa shape index (κ3) is 3.82. The molecule has 2 N–H and O–H groups in total. The van der Waals surface area contributed by atoms with Gasteiger partial charge in [0.05, 0.1) is 11.4 Å². The molecule has 1 heterocycles. The van der Waals surface area contributed by atoms with E-state index in [2.05, 4.69) is 4.98 Å². The van der Waals surface area contributed by atoms with Crippen LogP contribution in [0, 0.1) is 10.8 Å². The summed E-state index contributed by atoms with van der Waals surface area (Å²) in [5.41, 5.74) is 4.12. The van der Waals surface area contributed by atoms with Crippen LogP contribution in [0.2, 0.25) is 0 Å². The van der Waals surface area contributed by atoms with Crippen molar-refractivity contribution in [3.63, 3.8) is 0 Å². The number of aromatic nitrogens is 1. The second-order valence-corrected chi connectivity index (χ2v) is 5.13. The number of hydrogen-bond acceptors (Lipinski definition) is 3. The summed E-state index contributed by atoms with van der Waals surface area (Å²) in [6.45, 7) is 3.88. The molecule has 0 fully saturated rings. The predicted molar refractivity (Wildman–Crippen MR) is 102 cm³/mol. The first kappa shape index (κ1) is 17.3. The molecule has 1 aromatic carbocycles. The number of nitrogens with zero attached hydrogens (tertiary/aromatic N) is 1. The van der Waals surface area contributed by atoms with E-state index in [1.165, 1.54) is 6.21 Å². The van der Waals surface area contributed by atoms with Crippen molar-refractivity contribution in [3.05, 3.63) is 95.4 Å². The van der Waals surface area contributed by atoms with Crippen molar-refractivity contribution in [3.8, 4) is 0 Å². The summed E-state index contributed by atoms with van der Waals surface area (Å²) in [7, 11) is 0. The standard InChI is InChI=1S/C21H21N3/c1-3-10-16(4-2)20(21(23)17-11-6-5-7-12-17)18(15-22)19-13-8-9-14-24-19/h3-15,22-23H,1-2H3/b10-3-,16-4+,20-18+,22-15?,23-21?. The molecule has 1 aromatic heterocycles. The Morgan fingerprint density at radius 2 is 1.71 bits per heavy atom. The molecule has 0 aliphatic heterocycles. The summed E-state index contributed by atoms with van der Waals surface area (Å²) >= 11 is 0. The molecule has 2 rings (SSSR count). The van der Waals surface area contributed by atoms with Crippen LogP contribution in [0.15, 0.2) is 84.1 Å². The van der Waals surface area contributed by atoms with Crippen LogP contribution in [-0.2, 0) is 0 Å². The summed E-state index contributed by atoms with van der Waals surface area (Å²) in [6.07, 6.45) is 8.84. The highest BCUT2D eigenvalue weighted by Crippen LogP contribution is 2.26. The topological polar surface area (TPSA) is 60.6 Å². The first-order chi connectivity index (χ1) is 11.7. The Morgan fingerprint density at radius 1 is 1.00 bits per heavy atom. The Balaban J connectivity index is 2.73. The summed E-state index contributed by atoms with van der Waals surface area (Å²) < 4.78 is 0. The number of benzene rings is 1. The fourth-order valence-electron chi connectivity index (χ4n) is 2.48. The fourth-order valence-corrected chi connectivity index (χ4v) is 2.48. The molecule has 120 valence electrons. The second kappa shape index (κ2) is 8.53. The van der Waals surface area contributed by atoms with Gasteiger partial charge in [-0.2, -0.15) is 0 Å². The summed E-state index contributed by atoms with van der Waals surface area (Å²) in [5.74, 6) is 0. The van der Waals surface area contributed by atoms with Crippen molar-refractivity contribution in [1.29, 1.82) is 10.8 Å². The number of hydrogen-bond donors (Lipinski definition) is 2. The Kier molecular flexibility index (Phi) is 6.15. The number of allylic oxidation sites excluding steroid dienone is 6. The molecule has 0 saturated heterocycles. The Bertz CT molecular complexity index is 797. The minimum Gasteiger partial charge on any atom is -0.308 e. The van der Waals surface area contributed by atoms with Crippen LogP contribution in [0.25, 0.3) is 5.57 Å². The van der Waals surface area contributed by atoms with E-state index in [4.69, 9.17) is 10.8 Å². The van der Waals surface area contributed by atoms with Crippen LogP contribution in [0.4, 0.5) is 0 Å². The van der Waals surface area contributed by atoms with Gasteiger partial charge >= 0.3 is 0 Å². The molecule has 0 atom stereocenters. The van der Waals surface area contributed by atoms with Crippen LogP contribution in [0.5, 0.6) is 0 Å². The number of rotatable bonds is 6. The van der Waals surface area contributed by atoms with E-state index >= 15 is 0 Å². The molecule has 24 heavy (non-hydrogen) atoms. The van der Waals surface area contributed by atoms with Gasteiger partial charge in [-0.1, -0.05) is 54.6 Å². The smallest absolute Gasteiger partial charge is 0.0724 e. The van der Waals surface area contributed by atoms with Gasteiger partial charge in [0.15, 0.2) is 0 Å². The van der Waals surface area contributed by atoms with Gasteiger partial charge in [0.2, 0.25) is 0 Å². The number of pyridine rings is 1. The lowest BCUT2D eigenvalue weighted by Crippen LogP contribution is -2.10. The van der Waals surface area contributed by atoms with Crippen LogP contribution in [0.3, 0.4) is 0 Å². The largest absolute Gasteiger partial charge is 0.308 e. The maximum Gasteiger partial charge on any atom is 0.0724 e. The molecule has 0 radical (unpaired) electrons. The molecule has 0 spiro atoms. The SMILES string of the molecule is C\C=C/C(=C\C)C(/C(=N)c1ccccc1)=C(/C=N)c1ccccn1. The third-order valence-electron chi connectivity index (χ3n) is 3.61. The molecular weight excluding hydrogens is 294 g/mol. The van der Waals surface area contributed by atoms with Crippen LogP contribution in [0.1, 0.15) is 25.1 Å². The lowest BCUT2D eigenvalue weighted by atomic mass is 9.89. The van der Waals surface area contributed by atoms with Gasteiger partial charge in [-0.3, -0.25) is 10.4 Å². The van der Waals surface area contributed by atoms with Crippen molar-refractivity contribution < 1.29 is 0 Å². The van der Waals surface area contributed by atoms with Crippen molar-refractivity contribution in [2.45, 2.75) is 13.8 Å². The average molecular weight is 315 g/mol. The van der Waals surface area contributed by atoms with Crippen LogP contribution < -0.4 is 0 Å². The van der Waals surface area contributed by atoms with E-state index in [0.717, 1.165) is 11.1 Å². The molecule has 3 nitrogen and oxygen atoms in total. The highest BCUT2D eigenvalue weighted by molar-refractivity contribution is 6.25. The Hall–Kier alpha value is -3.07. The first-order valence-electron chi connectivity index (χ1n) is 7.82. The Labute approximate surface area is 143 Å². The van der Waals surface area contributed by atoms with Gasteiger partial charge in [-0.25, -0.2) is 0 Å². The summed E-state index contributed by atoms with van der Waals surface area (Å²) in [6, 6.07) is 15.2. The maximum atomic E-state index is 8.72. The Morgan fingerprint density at radius 3 is 2.25 bits per heavy atom. The average Bonchev–Trinajstić information content (AvgIpc) is 2.65. The van der Waals surface area contributed by atoms with Gasteiger partial charge in [0.1, 0.15) is 0 Å². The third-order valence-corrected chi connectivity index (χ3v) is 3.61. The van der Waals surface area contributed by atoms with Crippen LogP contribution in [-0.4, -0.2) is 16.9 Å². The molecule has 0 saturated carbocycles. The highest BCUT2D eigenvalue weighted by atomic mass is 14.7. The molecule has 2 aromatic rings. The highest BCUT2D eigenvalue weighted by Gasteiger charge is 2.17. The zero-order valence-corrected chi connectivity index (χ0v) is 14.0. The van der Waals surface area contributed by atoms with E-state index < -0.39 is 0 Å². The maximum absolute atomic E-state index is 8.72. The molecule has 3 heteroatoms. The minimum atomic E-state index is 0.381. The predicted octanol–water partition coefficient (Wildman–Crippen LogP) is 5.08. The second-order valence-electron chi connectivity index (χ2n) is 5.13. The molecule has 0 unspecified atom stereocenters. The van der Waals surface area contributed by atoms with Crippen molar-refractivity contribution in [2.75, 3.05) is 0 Å². The molecular formula is C21H21N3. The van der Waals surface area contributed by atoms with E-state index in [0.29, 0.717) is 22.6 Å². The quantitative estimate of drug-likeness (QED) is 0.567. The normalized spacial score (nSPS) is 12.8. The van der Waals surface area contributed by atoms with Gasteiger partial charge in [0, 0.05) is 29.1 Å². The van der Waals surface area contributed by atoms with E-state index in [1.807, 2.05) is 80.6 Å². The van der Waals surface area contributed by atoms with Gasteiger partial charge in [-0.05, 0) is 31.6 Å². The zero-order valence-electron chi connectivity index (χ0n) is 14.0. The van der Waals surface area contributed by atoms with Gasteiger partial charge in [-0.15, -0.1) is 0 Å². The zero-order chi connectivity index (χ0) is 17.4. The molecule has 0 aliphatic rings. The van der Waals surface area contributed by atoms with E-state index in [-0.39, 0.29) is 0 Å². The van der Waals surface area contributed by atoms with E-state index in [1.54, 1.807) is 6.20 Å².